The van der Waals surface area contributed by atoms with Gasteiger partial charge in [-0.25, -0.2) is 4.79 Å². The van der Waals surface area contributed by atoms with E-state index in [1.165, 1.54) is 18.0 Å². The van der Waals surface area contributed by atoms with Crippen LogP contribution >= 0.6 is 0 Å². The van der Waals surface area contributed by atoms with Gasteiger partial charge in [-0.15, -0.1) is 0 Å². The van der Waals surface area contributed by atoms with E-state index in [0.29, 0.717) is 18.7 Å². The normalized spacial score (nSPS) is 17.9. The van der Waals surface area contributed by atoms with Crippen LogP contribution in [0, 0.1) is 5.41 Å². The summed E-state index contributed by atoms with van der Waals surface area (Å²) >= 11 is 0. The molecule has 1 aromatic rings. The largest absolute Gasteiger partial charge is 0.396 e. The molecule has 1 aromatic heterocycles. The van der Waals surface area contributed by atoms with Gasteiger partial charge in [-0.1, -0.05) is 19.3 Å². The molecule has 0 saturated heterocycles. The van der Waals surface area contributed by atoms with Gasteiger partial charge in [0.1, 0.15) is 0 Å². The van der Waals surface area contributed by atoms with E-state index >= 15 is 0 Å². The SMILES string of the molecule is Cn1cc(CNCC2(CO)CCCCC2)c(=O)n(C)c1=O. The number of aliphatic hydroxyl groups excluding tert-OH is 1. The van der Waals surface area contributed by atoms with Gasteiger partial charge in [0.15, 0.2) is 0 Å². The summed E-state index contributed by atoms with van der Waals surface area (Å²) in [6.45, 7) is 1.31. The molecular weight excluding hydrogens is 270 g/mol. The van der Waals surface area contributed by atoms with Gasteiger partial charge in [-0.2, -0.15) is 0 Å². The standard InChI is InChI=1S/C15H25N3O3/c1-17-9-12(13(20)18(2)14(17)21)8-16-10-15(11-19)6-4-3-5-7-15/h9,16,19H,3-8,10-11H2,1-2H3. The van der Waals surface area contributed by atoms with Crippen LogP contribution in [0.25, 0.3) is 0 Å². The molecule has 0 bridgehead atoms. The average Bonchev–Trinajstić information content (AvgIpc) is 2.51. The molecule has 0 aliphatic heterocycles. The Morgan fingerprint density at radius 1 is 1.24 bits per heavy atom. The van der Waals surface area contributed by atoms with Crippen LogP contribution in [0.1, 0.15) is 37.7 Å². The van der Waals surface area contributed by atoms with Crippen molar-refractivity contribution in [1.29, 1.82) is 0 Å². The van der Waals surface area contributed by atoms with Crippen LogP contribution in [0.3, 0.4) is 0 Å². The maximum Gasteiger partial charge on any atom is 0.330 e. The third-order valence-electron chi connectivity index (χ3n) is 4.58. The fourth-order valence-corrected chi connectivity index (χ4v) is 3.16. The minimum Gasteiger partial charge on any atom is -0.396 e. The topological polar surface area (TPSA) is 76.3 Å². The van der Waals surface area contributed by atoms with Crippen molar-refractivity contribution in [3.8, 4) is 0 Å². The highest BCUT2D eigenvalue weighted by Crippen LogP contribution is 2.35. The first-order chi connectivity index (χ1) is 9.99. The molecule has 0 spiro atoms. The van der Waals surface area contributed by atoms with Gasteiger partial charge in [-0.05, 0) is 12.8 Å². The highest BCUT2D eigenvalue weighted by atomic mass is 16.3. The highest BCUT2D eigenvalue weighted by molar-refractivity contribution is 5.05. The second-order valence-corrected chi connectivity index (χ2v) is 6.23. The van der Waals surface area contributed by atoms with E-state index in [4.69, 9.17) is 0 Å². The van der Waals surface area contributed by atoms with Crippen LogP contribution < -0.4 is 16.6 Å². The molecule has 2 N–H and O–H groups in total. The second kappa shape index (κ2) is 6.58. The molecule has 0 radical (unpaired) electrons. The first-order valence-electron chi connectivity index (χ1n) is 7.56. The molecule has 1 saturated carbocycles. The number of rotatable bonds is 5. The molecule has 0 aromatic carbocycles. The van der Waals surface area contributed by atoms with Crippen molar-refractivity contribution in [3.63, 3.8) is 0 Å². The first-order valence-corrected chi connectivity index (χ1v) is 7.56. The third kappa shape index (κ3) is 3.44. The summed E-state index contributed by atoms with van der Waals surface area (Å²) in [5.74, 6) is 0. The van der Waals surface area contributed by atoms with E-state index in [0.717, 1.165) is 30.3 Å². The second-order valence-electron chi connectivity index (χ2n) is 6.23. The van der Waals surface area contributed by atoms with Crippen LogP contribution in [0.4, 0.5) is 0 Å². The van der Waals surface area contributed by atoms with Crippen molar-refractivity contribution in [3.05, 3.63) is 32.6 Å². The minimum atomic E-state index is -0.317. The minimum absolute atomic E-state index is 0.0514. The van der Waals surface area contributed by atoms with Crippen molar-refractivity contribution in [2.75, 3.05) is 13.2 Å². The Morgan fingerprint density at radius 3 is 2.52 bits per heavy atom. The fraction of sp³-hybridized carbons (Fsp3) is 0.733. The lowest BCUT2D eigenvalue weighted by atomic mass is 9.74. The molecule has 2 rings (SSSR count). The Bertz CT molecular complexity index is 597. The van der Waals surface area contributed by atoms with Crippen molar-refractivity contribution < 1.29 is 5.11 Å². The molecule has 1 heterocycles. The van der Waals surface area contributed by atoms with Gasteiger partial charge in [0.05, 0.1) is 0 Å². The zero-order valence-electron chi connectivity index (χ0n) is 12.9. The number of aryl methyl sites for hydroxylation is 1. The fourth-order valence-electron chi connectivity index (χ4n) is 3.16. The molecular formula is C15H25N3O3. The smallest absolute Gasteiger partial charge is 0.330 e. The van der Waals surface area contributed by atoms with Gasteiger partial charge >= 0.3 is 5.69 Å². The lowest BCUT2D eigenvalue weighted by Gasteiger charge is -2.35. The molecule has 118 valence electrons. The zero-order chi connectivity index (χ0) is 15.5. The van der Waals surface area contributed by atoms with Crippen LogP contribution in [0.5, 0.6) is 0 Å². The summed E-state index contributed by atoms with van der Waals surface area (Å²) in [6.07, 6.45) is 7.20. The van der Waals surface area contributed by atoms with E-state index in [9.17, 15) is 14.7 Å². The molecule has 6 heteroatoms. The zero-order valence-corrected chi connectivity index (χ0v) is 12.9. The molecule has 0 unspecified atom stereocenters. The predicted molar refractivity (Wildman–Crippen MR) is 81.2 cm³/mol. The molecule has 1 aliphatic carbocycles. The number of aromatic nitrogens is 2. The predicted octanol–water partition coefficient (Wildman–Crippen LogP) is 0.116. The van der Waals surface area contributed by atoms with Crippen molar-refractivity contribution in [2.45, 2.75) is 38.6 Å². The number of hydrogen-bond acceptors (Lipinski definition) is 4. The van der Waals surface area contributed by atoms with Gasteiger partial charge in [-0.3, -0.25) is 9.36 Å². The molecule has 1 fully saturated rings. The summed E-state index contributed by atoms with van der Waals surface area (Å²) in [5, 5.41) is 13.0. The Balaban J connectivity index is 2.04. The van der Waals surface area contributed by atoms with E-state index in [-0.39, 0.29) is 23.3 Å². The van der Waals surface area contributed by atoms with Crippen LogP contribution in [-0.4, -0.2) is 27.4 Å². The Labute approximate surface area is 124 Å². The van der Waals surface area contributed by atoms with Crippen LogP contribution in [0.2, 0.25) is 0 Å². The van der Waals surface area contributed by atoms with Gasteiger partial charge < -0.3 is 15.0 Å². The van der Waals surface area contributed by atoms with Crippen molar-refractivity contribution in [1.82, 2.24) is 14.5 Å². The van der Waals surface area contributed by atoms with E-state index < -0.39 is 0 Å². The monoisotopic (exact) mass is 295 g/mol. The summed E-state index contributed by atoms with van der Waals surface area (Å²) in [4.78, 5) is 23.7. The van der Waals surface area contributed by atoms with Crippen LogP contribution in [-0.2, 0) is 20.6 Å². The van der Waals surface area contributed by atoms with E-state index in [2.05, 4.69) is 5.32 Å². The quantitative estimate of drug-likeness (QED) is 0.809. The van der Waals surface area contributed by atoms with Crippen LogP contribution in [0.15, 0.2) is 15.8 Å². The number of nitrogens with zero attached hydrogens (tertiary/aromatic N) is 2. The third-order valence-corrected chi connectivity index (χ3v) is 4.58. The Kier molecular flexibility index (Phi) is 5.00. The lowest BCUT2D eigenvalue weighted by Crippen LogP contribution is -2.42. The molecule has 1 aliphatic rings. The van der Waals surface area contributed by atoms with E-state index in [1.807, 2.05) is 0 Å². The molecule has 6 nitrogen and oxygen atoms in total. The molecule has 0 atom stereocenters. The molecule has 0 amide bonds. The highest BCUT2D eigenvalue weighted by Gasteiger charge is 2.30. The number of aliphatic hydroxyl groups is 1. The average molecular weight is 295 g/mol. The maximum atomic E-state index is 12.0. The Morgan fingerprint density at radius 2 is 1.90 bits per heavy atom. The summed E-state index contributed by atoms with van der Waals surface area (Å²) in [5.41, 5.74) is -0.0527. The maximum absolute atomic E-state index is 12.0. The lowest BCUT2D eigenvalue weighted by molar-refractivity contribution is 0.0810. The van der Waals surface area contributed by atoms with Gasteiger partial charge in [0.25, 0.3) is 5.56 Å². The van der Waals surface area contributed by atoms with E-state index in [1.54, 1.807) is 13.2 Å². The van der Waals surface area contributed by atoms with Crippen molar-refractivity contribution in [2.24, 2.45) is 19.5 Å². The number of nitrogens with one attached hydrogen (secondary N) is 1. The number of hydrogen-bond donors (Lipinski definition) is 2. The summed E-state index contributed by atoms with van der Waals surface area (Å²) in [6, 6.07) is 0. The summed E-state index contributed by atoms with van der Waals surface area (Å²) < 4.78 is 2.54. The van der Waals surface area contributed by atoms with Gasteiger partial charge in [0.2, 0.25) is 0 Å². The molecule has 21 heavy (non-hydrogen) atoms. The van der Waals surface area contributed by atoms with Gasteiger partial charge in [0, 0.05) is 51.0 Å². The summed E-state index contributed by atoms with van der Waals surface area (Å²) in [7, 11) is 3.13. The van der Waals surface area contributed by atoms with Crippen molar-refractivity contribution >= 4 is 0 Å². The first kappa shape index (κ1) is 16.0. The Hall–Kier alpha value is -1.40.